The van der Waals surface area contributed by atoms with Crippen molar-refractivity contribution in [3.63, 3.8) is 0 Å². The van der Waals surface area contributed by atoms with Gasteiger partial charge in [0.15, 0.2) is 0 Å². The number of phenolic OH excluding ortho intramolecular Hbond substituents is 1. The number of aldehydes is 1. The fourth-order valence-electron chi connectivity index (χ4n) is 1.50. The first-order valence-corrected chi connectivity index (χ1v) is 5.28. The number of ether oxygens (including phenoxy) is 1. The minimum Gasteiger partial charge on any atom is -0.508 e. The summed E-state index contributed by atoms with van der Waals surface area (Å²) in [6.07, 6.45) is 0.930. The van der Waals surface area contributed by atoms with Crippen molar-refractivity contribution in [1.82, 2.24) is 0 Å². The number of benzene rings is 2. The number of phenols is 1. The third-order valence-electron chi connectivity index (χ3n) is 2.33. The van der Waals surface area contributed by atoms with Crippen LogP contribution in [0.4, 0.5) is 0 Å². The predicted octanol–water partition coefficient (Wildman–Crippen LogP) is 2.93. The predicted molar refractivity (Wildman–Crippen MR) is 64.4 cm³/mol. The van der Waals surface area contributed by atoms with Crippen molar-refractivity contribution in [3.05, 3.63) is 54.1 Å². The number of rotatable bonds is 4. The van der Waals surface area contributed by atoms with Crippen LogP contribution in [0.5, 0.6) is 17.2 Å². The van der Waals surface area contributed by atoms with E-state index in [1.807, 2.05) is 30.3 Å². The van der Waals surface area contributed by atoms with Crippen molar-refractivity contribution in [3.8, 4) is 17.2 Å². The van der Waals surface area contributed by atoms with Gasteiger partial charge in [-0.25, -0.2) is 0 Å². The number of aromatic hydroxyl groups is 1. The minimum absolute atomic E-state index is 0.109. The van der Waals surface area contributed by atoms with E-state index in [4.69, 9.17) is 4.74 Å². The molecule has 3 nitrogen and oxygen atoms in total. The Morgan fingerprint density at radius 2 is 1.82 bits per heavy atom. The van der Waals surface area contributed by atoms with Gasteiger partial charge in [-0.1, -0.05) is 18.2 Å². The van der Waals surface area contributed by atoms with Gasteiger partial charge < -0.3 is 14.6 Å². The van der Waals surface area contributed by atoms with E-state index in [9.17, 15) is 9.90 Å². The van der Waals surface area contributed by atoms with Crippen LogP contribution < -0.4 is 4.74 Å². The summed E-state index contributed by atoms with van der Waals surface area (Å²) in [6, 6.07) is 14.2. The molecule has 0 atom stereocenters. The number of hydrogen-bond acceptors (Lipinski definition) is 3. The second-order valence-corrected chi connectivity index (χ2v) is 3.58. The summed E-state index contributed by atoms with van der Waals surface area (Å²) in [4.78, 5) is 10.4. The van der Waals surface area contributed by atoms with Gasteiger partial charge in [0.2, 0.25) is 0 Å². The molecule has 0 saturated heterocycles. The van der Waals surface area contributed by atoms with Gasteiger partial charge in [-0.05, 0) is 30.3 Å². The Hall–Kier alpha value is -2.29. The van der Waals surface area contributed by atoms with Crippen LogP contribution in [0.25, 0.3) is 0 Å². The van der Waals surface area contributed by atoms with E-state index < -0.39 is 0 Å². The Labute approximate surface area is 99.3 Å². The van der Waals surface area contributed by atoms with Crippen molar-refractivity contribution in [2.24, 2.45) is 0 Å². The van der Waals surface area contributed by atoms with Crippen molar-refractivity contribution in [2.45, 2.75) is 6.42 Å². The molecule has 0 amide bonds. The van der Waals surface area contributed by atoms with Crippen LogP contribution in [0.15, 0.2) is 48.5 Å². The smallest absolute Gasteiger partial charge is 0.127 e. The van der Waals surface area contributed by atoms with E-state index in [-0.39, 0.29) is 12.2 Å². The molecule has 2 aromatic rings. The molecular weight excluding hydrogens is 216 g/mol. The van der Waals surface area contributed by atoms with Crippen LogP contribution in [-0.4, -0.2) is 11.4 Å². The van der Waals surface area contributed by atoms with Crippen molar-refractivity contribution in [2.75, 3.05) is 0 Å². The topological polar surface area (TPSA) is 46.5 Å². The molecule has 0 heterocycles. The Bertz CT molecular complexity index is 506. The highest BCUT2D eigenvalue weighted by atomic mass is 16.5. The van der Waals surface area contributed by atoms with Gasteiger partial charge in [-0.2, -0.15) is 0 Å². The Morgan fingerprint density at radius 1 is 1.06 bits per heavy atom. The molecule has 0 radical (unpaired) electrons. The fraction of sp³-hybridized carbons (Fsp3) is 0.0714. The standard InChI is InChI=1S/C14H12O3/c15-9-8-11-10-13(6-7-14(11)16)17-12-4-2-1-3-5-12/h1-7,9-10,16H,8H2. The molecule has 0 saturated carbocycles. The van der Waals surface area contributed by atoms with Crippen molar-refractivity contribution in [1.29, 1.82) is 0 Å². The molecule has 0 aromatic heterocycles. The first-order valence-electron chi connectivity index (χ1n) is 5.28. The molecule has 0 unspecified atom stereocenters. The van der Waals surface area contributed by atoms with Crippen LogP contribution in [0.3, 0.4) is 0 Å². The minimum atomic E-state index is 0.109. The molecule has 0 aliphatic carbocycles. The van der Waals surface area contributed by atoms with E-state index in [0.29, 0.717) is 11.3 Å². The highest BCUT2D eigenvalue weighted by Crippen LogP contribution is 2.26. The molecule has 0 spiro atoms. The lowest BCUT2D eigenvalue weighted by atomic mass is 10.1. The van der Waals surface area contributed by atoms with Gasteiger partial charge in [-0.3, -0.25) is 0 Å². The molecule has 0 bridgehead atoms. The molecule has 2 rings (SSSR count). The SMILES string of the molecule is O=CCc1cc(Oc2ccccc2)ccc1O. The zero-order valence-corrected chi connectivity index (χ0v) is 9.17. The lowest BCUT2D eigenvalue weighted by molar-refractivity contribution is -0.107. The zero-order chi connectivity index (χ0) is 12.1. The fourth-order valence-corrected chi connectivity index (χ4v) is 1.50. The molecule has 17 heavy (non-hydrogen) atoms. The van der Waals surface area contributed by atoms with Gasteiger partial charge in [0, 0.05) is 12.0 Å². The molecule has 0 aliphatic heterocycles. The van der Waals surface area contributed by atoms with E-state index in [2.05, 4.69) is 0 Å². The van der Waals surface area contributed by atoms with Crippen LogP contribution in [0, 0.1) is 0 Å². The van der Waals surface area contributed by atoms with Crippen LogP contribution in [0.2, 0.25) is 0 Å². The molecule has 2 aromatic carbocycles. The maximum absolute atomic E-state index is 10.4. The van der Waals surface area contributed by atoms with Gasteiger partial charge in [0.05, 0.1) is 0 Å². The zero-order valence-electron chi connectivity index (χ0n) is 9.17. The van der Waals surface area contributed by atoms with Crippen LogP contribution in [0.1, 0.15) is 5.56 Å². The average molecular weight is 228 g/mol. The largest absolute Gasteiger partial charge is 0.508 e. The first kappa shape index (κ1) is 11.2. The van der Waals surface area contributed by atoms with Crippen LogP contribution >= 0.6 is 0 Å². The summed E-state index contributed by atoms with van der Waals surface area (Å²) in [7, 11) is 0. The van der Waals surface area contributed by atoms with E-state index >= 15 is 0 Å². The maximum Gasteiger partial charge on any atom is 0.127 e. The lowest BCUT2D eigenvalue weighted by Gasteiger charge is -2.07. The van der Waals surface area contributed by atoms with Gasteiger partial charge >= 0.3 is 0 Å². The second kappa shape index (κ2) is 5.16. The normalized spacial score (nSPS) is 9.88. The van der Waals surface area contributed by atoms with Gasteiger partial charge in [-0.15, -0.1) is 0 Å². The Morgan fingerprint density at radius 3 is 2.53 bits per heavy atom. The van der Waals surface area contributed by atoms with E-state index in [1.165, 1.54) is 6.07 Å². The highest BCUT2D eigenvalue weighted by Gasteiger charge is 2.03. The number of hydrogen-bond donors (Lipinski definition) is 1. The molecule has 0 fully saturated rings. The van der Waals surface area contributed by atoms with Crippen LogP contribution in [-0.2, 0) is 11.2 Å². The monoisotopic (exact) mass is 228 g/mol. The quantitative estimate of drug-likeness (QED) is 0.818. The maximum atomic E-state index is 10.4. The molecule has 1 N–H and O–H groups in total. The molecular formula is C14H12O3. The first-order chi connectivity index (χ1) is 8.29. The number of carbonyl (C=O) groups excluding carboxylic acids is 1. The van der Waals surface area contributed by atoms with Crippen molar-refractivity contribution < 1.29 is 14.6 Å². The summed E-state index contributed by atoms with van der Waals surface area (Å²) in [5.41, 5.74) is 0.563. The summed E-state index contributed by atoms with van der Waals surface area (Å²) in [5, 5.41) is 9.52. The average Bonchev–Trinajstić information content (AvgIpc) is 2.35. The number of carbonyl (C=O) groups is 1. The number of para-hydroxylation sites is 1. The molecule has 3 heteroatoms. The molecule has 0 aliphatic rings. The Kier molecular flexibility index (Phi) is 3.40. The van der Waals surface area contributed by atoms with Crippen molar-refractivity contribution >= 4 is 6.29 Å². The third kappa shape index (κ3) is 2.84. The highest BCUT2D eigenvalue weighted by molar-refractivity contribution is 5.58. The third-order valence-corrected chi connectivity index (χ3v) is 2.33. The summed E-state index contributed by atoms with van der Waals surface area (Å²) in [6.45, 7) is 0. The van der Waals surface area contributed by atoms with Gasteiger partial charge in [0.1, 0.15) is 23.5 Å². The Balaban J connectivity index is 2.22. The van der Waals surface area contributed by atoms with E-state index in [1.54, 1.807) is 12.1 Å². The van der Waals surface area contributed by atoms with Gasteiger partial charge in [0.25, 0.3) is 0 Å². The summed E-state index contributed by atoms with van der Waals surface area (Å²) < 4.78 is 5.59. The second-order valence-electron chi connectivity index (χ2n) is 3.58. The summed E-state index contributed by atoms with van der Waals surface area (Å²) in [5.74, 6) is 1.43. The van der Waals surface area contributed by atoms with E-state index in [0.717, 1.165) is 12.0 Å². The summed E-state index contributed by atoms with van der Waals surface area (Å²) >= 11 is 0. The lowest BCUT2D eigenvalue weighted by Crippen LogP contribution is -1.89. The molecule has 86 valence electrons.